The van der Waals surface area contributed by atoms with E-state index in [1.807, 2.05) is 42.5 Å². The molecule has 1 heterocycles. The van der Waals surface area contributed by atoms with Crippen LogP contribution in [-0.2, 0) is 11.4 Å². The Hall–Kier alpha value is -2.73. The summed E-state index contributed by atoms with van der Waals surface area (Å²) in [5.74, 6) is 0.904. The predicted octanol–water partition coefficient (Wildman–Crippen LogP) is 4.14. The zero-order chi connectivity index (χ0) is 20.8. The van der Waals surface area contributed by atoms with Crippen molar-refractivity contribution in [2.24, 2.45) is 5.92 Å². The Kier molecular flexibility index (Phi) is 6.99. The number of aliphatic carboxylic acids is 1. The molecule has 3 rings (SSSR count). The quantitative estimate of drug-likeness (QED) is 0.720. The minimum absolute atomic E-state index is 0.121. The number of carboxylic acid groups (broad SMARTS) is 1. The lowest BCUT2D eigenvalue weighted by Crippen LogP contribution is -2.37. The van der Waals surface area contributed by atoms with E-state index in [4.69, 9.17) is 14.2 Å². The van der Waals surface area contributed by atoms with Gasteiger partial charge in [-0.2, -0.15) is 0 Å². The zero-order valence-corrected chi connectivity index (χ0v) is 17.3. The van der Waals surface area contributed by atoms with Gasteiger partial charge < -0.3 is 19.3 Å². The Bertz CT molecular complexity index is 790. The van der Waals surface area contributed by atoms with E-state index in [-0.39, 0.29) is 12.0 Å². The van der Waals surface area contributed by atoms with Crippen molar-refractivity contribution in [2.75, 3.05) is 27.3 Å². The number of benzene rings is 2. The standard InChI is InChI=1S/C23H29NO5/c1-16(24-11-9-18(10-12-24)23(25)26)19-13-20(27-2)22(21(14-19)28-3)29-15-17-7-5-4-6-8-17/h4-8,13-14,16,18H,9-12,15H2,1-3H3,(H,25,26). The first-order valence-corrected chi connectivity index (χ1v) is 9.93. The lowest BCUT2D eigenvalue weighted by Gasteiger charge is -2.35. The van der Waals surface area contributed by atoms with Gasteiger partial charge in [0.15, 0.2) is 11.5 Å². The molecule has 1 aliphatic heterocycles. The van der Waals surface area contributed by atoms with E-state index in [0.717, 1.165) is 24.2 Å². The highest BCUT2D eigenvalue weighted by Crippen LogP contribution is 2.41. The summed E-state index contributed by atoms with van der Waals surface area (Å²) in [6, 6.07) is 14.0. The van der Waals surface area contributed by atoms with E-state index in [1.54, 1.807) is 14.2 Å². The third-order valence-corrected chi connectivity index (χ3v) is 5.62. The minimum atomic E-state index is -0.694. The molecule has 0 radical (unpaired) electrons. The number of nitrogens with zero attached hydrogens (tertiary/aromatic N) is 1. The number of carboxylic acids is 1. The molecule has 1 atom stereocenters. The molecule has 1 saturated heterocycles. The first kappa shape index (κ1) is 21.0. The highest BCUT2D eigenvalue weighted by Gasteiger charge is 2.28. The summed E-state index contributed by atoms with van der Waals surface area (Å²) in [6.07, 6.45) is 1.35. The average Bonchev–Trinajstić information content (AvgIpc) is 2.77. The number of rotatable bonds is 8. The van der Waals surface area contributed by atoms with E-state index >= 15 is 0 Å². The van der Waals surface area contributed by atoms with Gasteiger partial charge in [-0.25, -0.2) is 0 Å². The lowest BCUT2D eigenvalue weighted by atomic mass is 9.94. The van der Waals surface area contributed by atoms with Crippen molar-refractivity contribution < 1.29 is 24.1 Å². The fraction of sp³-hybridized carbons (Fsp3) is 0.435. The van der Waals surface area contributed by atoms with Crippen molar-refractivity contribution in [3.8, 4) is 17.2 Å². The third-order valence-electron chi connectivity index (χ3n) is 5.62. The second-order valence-corrected chi connectivity index (χ2v) is 7.35. The Morgan fingerprint density at radius 2 is 1.69 bits per heavy atom. The second kappa shape index (κ2) is 9.65. The zero-order valence-electron chi connectivity index (χ0n) is 17.3. The lowest BCUT2D eigenvalue weighted by molar-refractivity contribution is -0.143. The molecule has 1 unspecified atom stereocenters. The van der Waals surface area contributed by atoms with Crippen molar-refractivity contribution >= 4 is 5.97 Å². The van der Waals surface area contributed by atoms with Crippen LogP contribution in [-0.4, -0.2) is 43.3 Å². The minimum Gasteiger partial charge on any atom is -0.493 e. The summed E-state index contributed by atoms with van der Waals surface area (Å²) in [5, 5.41) is 9.21. The molecule has 0 amide bonds. The first-order chi connectivity index (χ1) is 14.0. The maximum absolute atomic E-state index is 11.2. The van der Waals surface area contributed by atoms with Crippen LogP contribution in [0, 0.1) is 5.92 Å². The van der Waals surface area contributed by atoms with Gasteiger partial charge in [-0.05, 0) is 56.1 Å². The highest BCUT2D eigenvalue weighted by atomic mass is 16.5. The van der Waals surface area contributed by atoms with Gasteiger partial charge >= 0.3 is 5.97 Å². The largest absolute Gasteiger partial charge is 0.493 e. The molecule has 0 aliphatic carbocycles. The third kappa shape index (κ3) is 5.01. The molecule has 156 valence electrons. The molecule has 1 aliphatic rings. The molecule has 2 aromatic rings. The van der Waals surface area contributed by atoms with Gasteiger partial charge in [-0.15, -0.1) is 0 Å². The maximum Gasteiger partial charge on any atom is 0.306 e. The van der Waals surface area contributed by atoms with Crippen LogP contribution < -0.4 is 14.2 Å². The van der Waals surface area contributed by atoms with Gasteiger partial charge in [0.25, 0.3) is 0 Å². The van der Waals surface area contributed by atoms with Crippen molar-refractivity contribution in [3.05, 3.63) is 53.6 Å². The van der Waals surface area contributed by atoms with Crippen LogP contribution in [0.4, 0.5) is 0 Å². The monoisotopic (exact) mass is 399 g/mol. The van der Waals surface area contributed by atoms with Crippen molar-refractivity contribution in [3.63, 3.8) is 0 Å². The molecule has 0 aromatic heterocycles. The number of hydrogen-bond acceptors (Lipinski definition) is 5. The molecule has 6 heteroatoms. The fourth-order valence-electron chi connectivity index (χ4n) is 3.76. The Morgan fingerprint density at radius 3 is 2.21 bits per heavy atom. The highest BCUT2D eigenvalue weighted by molar-refractivity contribution is 5.70. The van der Waals surface area contributed by atoms with E-state index < -0.39 is 5.97 Å². The molecule has 0 saturated carbocycles. The predicted molar refractivity (Wildman–Crippen MR) is 111 cm³/mol. The summed E-state index contributed by atoms with van der Waals surface area (Å²) < 4.78 is 17.2. The molecule has 2 aromatic carbocycles. The molecular weight excluding hydrogens is 370 g/mol. The van der Waals surface area contributed by atoms with Crippen molar-refractivity contribution in [1.29, 1.82) is 0 Å². The SMILES string of the molecule is COc1cc(C(C)N2CCC(C(=O)O)CC2)cc(OC)c1OCc1ccccc1. The van der Waals surface area contributed by atoms with Crippen LogP contribution in [0.3, 0.4) is 0 Å². The van der Waals surface area contributed by atoms with Crippen LogP contribution in [0.2, 0.25) is 0 Å². The summed E-state index contributed by atoms with van der Waals surface area (Å²) in [5.41, 5.74) is 2.12. The van der Waals surface area contributed by atoms with Gasteiger partial charge in [-0.1, -0.05) is 30.3 Å². The van der Waals surface area contributed by atoms with E-state index in [1.165, 1.54) is 0 Å². The molecule has 1 N–H and O–H groups in total. The fourth-order valence-corrected chi connectivity index (χ4v) is 3.76. The van der Waals surface area contributed by atoms with Crippen molar-refractivity contribution in [2.45, 2.75) is 32.4 Å². The number of piperidine rings is 1. The van der Waals surface area contributed by atoms with Gasteiger partial charge in [0, 0.05) is 6.04 Å². The number of likely N-dealkylation sites (tertiary alicyclic amines) is 1. The number of hydrogen-bond donors (Lipinski definition) is 1. The Morgan fingerprint density at radius 1 is 1.10 bits per heavy atom. The van der Waals surface area contributed by atoms with E-state index in [0.29, 0.717) is 36.7 Å². The Labute approximate surface area is 172 Å². The van der Waals surface area contributed by atoms with Crippen LogP contribution in [0.5, 0.6) is 17.2 Å². The number of carbonyl (C=O) groups is 1. The average molecular weight is 399 g/mol. The van der Waals surface area contributed by atoms with Crippen LogP contribution in [0.1, 0.15) is 36.9 Å². The summed E-state index contributed by atoms with van der Waals surface area (Å²) in [6.45, 7) is 4.06. The van der Waals surface area contributed by atoms with Crippen LogP contribution in [0.25, 0.3) is 0 Å². The van der Waals surface area contributed by atoms with Crippen molar-refractivity contribution in [1.82, 2.24) is 4.90 Å². The van der Waals surface area contributed by atoms with E-state index in [2.05, 4.69) is 11.8 Å². The van der Waals surface area contributed by atoms with Crippen LogP contribution in [0.15, 0.2) is 42.5 Å². The number of methoxy groups -OCH3 is 2. The van der Waals surface area contributed by atoms with Gasteiger partial charge in [0.05, 0.1) is 20.1 Å². The second-order valence-electron chi connectivity index (χ2n) is 7.35. The molecule has 1 fully saturated rings. The Balaban J connectivity index is 1.77. The van der Waals surface area contributed by atoms with Gasteiger partial charge in [-0.3, -0.25) is 9.69 Å². The summed E-state index contributed by atoms with van der Waals surface area (Å²) in [7, 11) is 3.24. The summed E-state index contributed by atoms with van der Waals surface area (Å²) >= 11 is 0. The molecule has 29 heavy (non-hydrogen) atoms. The summed E-state index contributed by atoms with van der Waals surface area (Å²) in [4.78, 5) is 13.5. The van der Waals surface area contributed by atoms with Gasteiger partial charge in [0.1, 0.15) is 6.61 Å². The molecule has 6 nitrogen and oxygen atoms in total. The number of ether oxygens (including phenoxy) is 3. The van der Waals surface area contributed by atoms with Crippen LogP contribution >= 0.6 is 0 Å². The first-order valence-electron chi connectivity index (χ1n) is 9.93. The molecule has 0 spiro atoms. The molecular formula is C23H29NO5. The van der Waals surface area contributed by atoms with Gasteiger partial charge in [0.2, 0.25) is 5.75 Å². The van der Waals surface area contributed by atoms with E-state index in [9.17, 15) is 9.90 Å². The maximum atomic E-state index is 11.2. The topological polar surface area (TPSA) is 68.2 Å². The molecule has 0 bridgehead atoms. The smallest absolute Gasteiger partial charge is 0.306 e. The normalized spacial score (nSPS) is 16.2.